The van der Waals surface area contributed by atoms with Crippen LogP contribution in [0.2, 0.25) is 0 Å². The molecular formula is C14H19FN2O. The molecule has 1 amide bonds. The highest BCUT2D eigenvalue weighted by Crippen LogP contribution is 2.07. The third-order valence-corrected chi connectivity index (χ3v) is 3.19. The zero-order chi connectivity index (χ0) is 12.8. The molecule has 2 N–H and O–H groups in total. The predicted molar refractivity (Wildman–Crippen MR) is 68.8 cm³/mol. The van der Waals surface area contributed by atoms with Crippen LogP contribution < -0.4 is 10.6 Å². The molecule has 2 rings (SSSR count). The SMILES string of the molecule is O=C(Cc1cccc(F)c1)NC1CCCNCC1. The summed E-state index contributed by atoms with van der Waals surface area (Å²) < 4.78 is 13.0. The van der Waals surface area contributed by atoms with Gasteiger partial charge < -0.3 is 10.6 Å². The quantitative estimate of drug-likeness (QED) is 0.856. The number of amides is 1. The van der Waals surface area contributed by atoms with E-state index in [1.54, 1.807) is 12.1 Å². The molecule has 0 aliphatic carbocycles. The molecule has 4 heteroatoms. The van der Waals surface area contributed by atoms with E-state index < -0.39 is 0 Å². The van der Waals surface area contributed by atoms with Crippen LogP contribution in [-0.2, 0) is 11.2 Å². The third kappa shape index (κ3) is 4.11. The highest BCUT2D eigenvalue weighted by atomic mass is 19.1. The van der Waals surface area contributed by atoms with Crippen LogP contribution >= 0.6 is 0 Å². The summed E-state index contributed by atoms with van der Waals surface area (Å²) >= 11 is 0. The first-order valence-corrected chi connectivity index (χ1v) is 6.48. The number of halogens is 1. The Balaban J connectivity index is 1.84. The van der Waals surface area contributed by atoms with Crippen LogP contribution in [0.3, 0.4) is 0 Å². The second-order valence-corrected chi connectivity index (χ2v) is 4.75. The Morgan fingerprint density at radius 1 is 1.39 bits per heavy atom. The van der Waals surface area contributed by atoms with Gasteiger partial charge in [-0.25, -0.2) is 4.39 Å². The van der Waals surface area contributed by atoms with E-state index in [0.29, 0.717) is 0 Å². The summed E-state index contributed by atoms with van der Waals surface area (Å²) in [6.07, 6.45) is 3.32. The predicted octanol–water partition coefficient (Wildman–Crippen LogP) is 1.63. The van der Waals surface area contributed by atoms with Gasteiger partial charge in [-0.15, -0.1) is 0 Å². The van der Waals surface area contributed by atoms with Crippen LogP contribution in [0.25, 0.3) is 0 Å². The summed E-state index contributed by atoms with van der Waals surface area (Å²) in [6, 6.07) is 6.46. The molecular weight excluding hydrogens is 231 g/mol. The van der Waals surface area contributed by atoms with Gasteiger partial charge in [0.1, 0.15) is 5.82 Å². The smallest absolute Gasteiger partial charge is 0.224 e. The summed E-state index contributed by atoms with van der Waals surface area (Å²) in [7, 11) is 0. The molecule has 0 radical (unpaired) electrons. The van der Waals surface area contributed by atoms with Gasteiger partial charge in [0.2, 0.25) is 5.91 Å². The van der Waals surface area contributed by atoms with E-state index in [1.807, 2.05) is 0 Å². The minimum absolute atomic E-state index is 0.0208. The first-order chi connectivity index (χ1) is 8.74. The Morgan fingerprint density at radius 3 is 3.11 bits per heavy atom. The molecule has 0 saturated carbocycles. The van der Waals surface area contributed by atoms with Gasteiger partial charge in [-0.1, -0.05) is 12.1 Å². The Kier molecular flexibility index (Phi) is 4.70. The summed E-state index contributed by atoms with van der Waals surface area (Å²) in [5.41, 5.74) is 0.722. The molecule has 1 aromatic rings. The van der Waals surface area contributed by atoms with E-state index >= 15 is 0 Å². The Bertz CT molecular complexity index is 401. The van der Waals surface area contributed by atoms with Crippen molar-refractivity contribution in [1.82, 2.24) is 10.6 Å². The second-order valence-electron chi connectivity index (χ2n) is 4.75. The van der Waals surface area contributed by atoms with Crippen molar-refractivity contribution in [3.05, 3.63) is 35.6 Å². The third-order valence-electron chi connectivity index (χ3n) is 3.19. The summed E-state index contributed by atoms with van der Waals surface area (Å²) in [5.74, 6) is -0.313. The molecule has 98 valence electrons. The molecule has 1 aromatic carbocycles. The number of hydrogen-bond donors (Lipinski definition) is 2. The van der Waals surface area contributed by atoms with Gasteiger partial charge in [0, 0.05) is 6.04 Å². The average Bonchev–Trinajstić information content (AvgIpc) is 2.57. The number of hydrogen-bond acceptors (Lipinski definition) is 2. The van der Waals surface area contributed by atoms with Crippen molar-refractivity contribution < 1.29 is 9.18 Å². The van der Waals surface area contributed by atoms with Gasteiger partial charge in [-0.05, 0) is 50.0 Å². The molecule has 18 heavy (non-hydrogen) atoms. The fourth-order valence-corrected chi connectivity index (χ4v) is 2.27. The van der Waals surface area contributed by atoms with Gasteiger partial charge in [0.05, 0.1) is 6.42 Å². The fraction of sp³-hybridized carbons (Fsp3) is 0.500. The number of benzene rings is 1. The molecule has 1 atom stereocenters. The maximum absolute atomic E-state index is 13.0. The van der Waals surface area contributed by atoms with Gasteiger partial charge >= 0.3 is 0 Å². The van der Waals surface area contributed by atoms with E-state index in [0.717, 1.165) is 37.9 Å². The largest absolute Gasteiger partial charge is 0.353 e. The van der Waals surface area contributed by atoms with E-state index in [9.17, 15) is 9.18 Å². The number of carbonyl (C=O) groups excluding carboxylic acids is 1. The van der Waals surface area contributed by atoms with Crippen molar-refractivity contribution in [2.45, 2.75) is 31.7 Å². The minimum atomic E-state index is -0.293. The normalized spacial score (nSPS) is 20.2. The van der Waals surface area contributed by atoms with E-state index in [1.165, 1.54) is 12.1 Å². The fourth-order valence-electron chi connectivity index (χ4n) is 2.27. The van der Waals surface area contributed by atoms with Crippen LogP contribution in [0.1, 0.15) is 24.8 Å². The van der Waals surface area contributed by atoms with Gasteiger partial charge in [-0.2, -0.15) is 0 Å². The van der Waals surface area contributed by atoms with Crippen molar-refractivity contribution in [3.63, 3.8) is 0 Å². The first-order valence-electron chi connectivity index (χ1n) is 6.48. The van der Waals surface area contributed by atoms with Crippen LogP contribution in [0.15, 0.2) is 24.3 Å². The summed E-state index contributed by atoms with van der Waals surface area (Å²) in [4.78, 5) is 11.9. The Hall–Kier alpha value is -1.42. The van der Waals surface area contributed by atoms with E-state index in [2.05, 4.69) is 10.6 Å². The average molecular weight is 250 g/mol. The zero-order valence-electron chi connectivity index (χ0n) is 10.4. The lowest BCUT2D eigenvalue weighted by molar-refractivity contribution is -0.121. The monoisotopic (exact) mass is 250 g/mol. The number of rotatable bonds is 3. The van der Waals surface area contributed by atoms with Crippen molar-refractivity contribution >= 4 is 5.91 Å². The van der Waals surface area contributed by atoms with Crippen molar-refractivity contribution in [1.29, 1.82) is 0 Å². The highest BCUT2D eigenvalue weighted by Gasteiger charge is 2.14. The lowest BCUT2D eigenvalue weighted by Crippen LogP contribution is -2.36. The van der Waals surface area contributed by atoms with Gasteiger partial charge in [0.25, 0.3) is 0 Å². The van der Waals surface area contributed by atoms with E-state index in [-0.39, 0.29) is 24.2 Å². The maximum Gasteiger partial charge on any atom is 0.224 e. The van der Waals surface area contributed by atoms with Gasteiger partial charge in [0.15, 0.2) is 0 Å². The molecule has 0 bridgehead atoms. The topological polar surface area (TPSA) is 41.1 Å². The minimum Gasteiger partial charge on any atom is -0.353 e. The highest BCUT2D eigenvalue weighted by molar-refractivity contribution is 5.78. The second kappa shape index (κ2) is 6.50. The Morgan fingerprint density at radius 2 is 2.28 bits per heavy atom. The molecule has 1 fully saturated rings. The van der Waals surface area contributed by atoms with Crippen LogP contribution in [0.5, 0.6) is 0 Å². The van der Waals surface area contributed by atoms with Crippen molar-refractivity contribution in [2.75, 3.05) is 13.1 Å². The lowest BCUT2D eigenvalue weighted by Gasteiger charge is -2.15. The lowest BCUT2D eigenvalue weighted by atomic mass is 10.1. The molecule has 1 heterocycles. The molecule has 1 aliphatic rings. The molecule has 0 aromatic heterocycles. The van der Waals surface area contributed by atoms with Crippen LogP contribution in [-0.4, -0.2) is 25.0 Å². The molecule has 1 unspecified atom stereocenters. The van der Waals surface area contributed by atoms with E-state index in [4.69, 9.17) is 0 Å². The van der Waals surface area contributed by atoms with Crippen LogP contribution in [0.4, 0.5) is 4.39 Å². The Labute approximate surface area is 107 Å². The first kappa shape index (κ1) is 13.0. The molecule has 0 spiro atoms. The number of nitrogens with one attached hydrogen (secondary N) is 2. The molecule has 3 nitrogen and oxygen atoms in total. The summed E-state index contributed by atoms with van der Waals surface area (Å²) in [6.45, 7) is 1.97. The number of carbonyl (C=O) groups is 1. The van der Waals surface area contributed by atoms with Crippen molar-refractivity contribution in [3.8, 4) is 0 Å². The standard InChI is InChI=1S/C14H19FN2O/c15-12-4-1-3-11(9-12)10-14(18)17-13-5-2-7-16-8-6-13/h1,3-4,9,13,16H,2,5-8,10H2,(H,17,18). The van der Waals surface area contributed by atoms with Crippen LogP contribution in [0, 0.1) is 5.82 Å². The van der Waals surface area contributed by atoms with Gasteiger partial charge in [-0.3, -0.25) is 4.79 Å². The zero-order valence-corrected chi connectivity index (χ0v) is 10.4. The van der Waals surface area contributed by atoms with Crippen molar-refractivity contribution in [2.24, 2.45) is 0 Å². The molecule has 1 aliphatic heterocycles. The molecule has 1 saturated heterocycles. The summed E-state index contributed by atoms with van der Waals surface area (Å²) in [5, 5.41) is 6.33. The maximum atomic E-state index is 13.0.